The third kappa shape index (κ3) is 5.77. The fourth-order valence-electron chi connectivity index (χ4n) is 11.6. The Morgan fingerprint density at radius 2 is 0.671 bits per heavy atom. The molecule has 12 aromatic carbocycles. The van der Waals surface area contributed by atoms with E-state index in [1.165, 1.54) is 54.2 Å². The molecular formula is C66H40N4. The van der Waals surface area contributed by atoms with Crippen LogP contribution < -0.4 is 0 Å². The van der Waals surface area contributed by atoms with Crippen molar-refractivity contribution in [2.24, 2.45) is 0 Å². The number of nitrogens with zero attached hydrogens (tertiary/aromatic N) is 4. The zero-order valence-electron chi connectivity index (χ0n) is 37.9. The molecule has 0 saturated carbocycles. The standard InChI is InChI=1S/C66H40N4/c1-3-19-48-41(15-1)17-13-25-50(48)43-31-33-52-53-34-32-44(51-26-14-18-42-16-2-4-20-49(42)51)38-59(53)66-65(58(52)37-43)67-40-60(68-66)45-35-46(69-61-27-9-5-21-54(61)55-22-6-10-28-62(55)69)39-47(36-45)70-63-29-11-7-23-56(63)57-24-8-12-30-64(57)70/h1-40H. The topological polar surface area (TPSA) is 35.6 Å². The predicted octanol–water partition coefficient (Wildman–Crippen LogP) is 17.4. The molecule has 0 aliphatic heterocycles. The van der Waals surface area contributed by atoms with E-state index in [0.717, 1.165) is 88.4 Å². The lowest BCUT2D eigenvalue weighted by Gasteiger charge is -2.17. The number of aromatic nitrogens is 4. The van der Waals surface area contributed by atoms with Gasteiger partial charge in [0.2, 0.25) is 0 Å². The summed E-state index contributed by atoms with van der Waals surface area (Å²) in [6.07, 6.45) is 1.99. The lowest BCUT2D eigenvalue weighted by atomic mass is 9.91. The molecule has 0 amide bonds. The third-order valence-corrected chi connectivity index (χ3v) is 14.7. The highest BCUT2D eigenvalue weighted by Crippen LogP contribution is 2.42. The Kier molecular flexibility index (Phi) is 8.33. The van der Waals surface area contributed by atoms with Gasteiger partial charge >= 0.3 is 0 Å². The molecule has 0 aliphatic rings. The van der Waals surface area contributed by atoms with Gasteiger partial charge in [-0.3, -0.25) is 4.98 Å². The van der Waals surface area contributed by atoms with Crippen molar-refractivity contribution in [1.82, 2.24) is 19.1 Å². The van der Waals surface area contributed by atoms with Crippen molar-refractivity contribution in [3.8, 4) is 44.9 Å². The summed E-state index contributed by atoms with van der Waals surface area (Å²) in [7, 11) is 0. The number of rotatable bonds is 5. The second kappa shape index (κ2) is 15.1. The summed E-state index contributed by atoms with van der Waals surface area (Å²) in [4.78, 5) is 11.3. The maximum atomic E-state index is 5.79. The molecule has 4 heteroatoms. The summed E-state index contributed by atoms with van der Waals surface area (Å²) >= 11 is 0. The van der Waals surface area contributed by atoms with Crippen molar-refractivity contribution < 1.29 is 0 Å². The molecule has 0 N–H and O–H groups in total. The van der Waals surface area contributed by atoms with Crippen LogP contribution in [0.2, 0.25) is 0 Å². The van der Waals surface area contributed by atoms with E-state index in [4.69, 9.17) is 9.97 Å². The molecule has 70 heavy (non-hydrogen) atoms. The first-order valence-corrected chi connectivity index (χ1v) is 24.0. The van der Waals surface area contributed by atoms with Gasteiger partial charge in [-0.1, -0.05) is 182 Å². The third-order valence-electron chi connectivity index (χ3n) is 14.7. The summed E-state index contributed by atoms with van der Waals surface area (Å²) < 4.78 is 4.82. The smallest absolute Gasteiger partial charge is 0.0979 e. The van der Waals surface area contributed by atoms with Crippen LogP contribution in [0.3, 0.4) is 0 Å². The lowest BCUT2D eigenvalue weighted by molar-refractivity contribution is 1.13. The lowest BCUT2D eigenvalue weighted by Crippen LogP contribution is -2.01. The van der Waals surface area contributed by atoms with Crippen molar-refractivity contribution >= 4 is 97.7 Å². The zero-order valence-corrected chi connectivity index (χ0v) is 37.9. The van der Waals surface area contributed by atoms with Crippen molar-refractivity contribution in [3.05, 3.63) is 243 Å². The highest BCUT2D eigenvalue weighted by atomic mass is 15.0. The maximum absolute atomic E-state index is 5.79. The van der Waals surface area contributed by atoms with E-state index in [0.29, 0.717) is 0 Å². The summed E-state index contributed by atoms with van der Waals surface area (Å²) in [6.45, 7) is 0. The Morgan fingerprint density at radius 3 is 1.14 bits per heavy atom. The molecule has 0 spiro atoms. The van der Waals surface area contributed by atoms with Crippen LogP contribution in [-0.2, 0) is 0 Å². The molecular weight excluding hydrogens is 849 g/mol. The summed E-state index contributed by atoms with van der Waals surface area (Å²) in [5.74, 6) is 0. The van der Waals surface area contributed by atoms with Gasteiger partial charge in [-0.05, 0) is 109 Å². The molecule has 0 atom stereocenters. The molecule has 0 fully saturated rings. The van der Waals surface area contributed by atoms with Crippen LogP contribution in [0.15, 0.2) is 243 Å². The minimum Gasteiger partial charge on any atom is -0.309 e. The number of fused-ring (bicyclic) bond motifs is 14. The van der Waals surface area contributed by atoms with Gasteiger partial charge in [0.1, 0.15) is 0 Å². The summed E-state index contributed by atoms with van der Waals surface area (Å²) in [5.41, 5.74) is 14.9. The molecule has 0 aliphatic carbocycles. The van der Waals surface area contributed by atoms with E-state index in [1.54, 1.807) is 0 Å². The van der Waals surface area contributed by atoms with Crippen LogP contribution in [0.1, 0.15) is 0 Å². The van der Waals surface area contributed by atoms with E-state index < -0.39 is 0 Å². The van der Waals surface area contributed by atoms with E-state index in [1.807, 2.05) is 6.20 Å². The maximum Gasteiger partial charge on any atom is 0.0979 e. The highest BCUT2D eigenvalue weighted by molar-refractivity contribution is 6.25. The molecule has 0 unspecified atom stereocenters. The monoisotopic (exact) mass is 888 g/mol. The van der Waals surface area contributed by atoms with Gasteiger partial charge in [-0.25, -0.2) is 4.98 Å². The van der Waals surface area contributed by atoms with Crippen LogP contribution in [0.5, 0.6) is 0 Å². The molecule has 3 aromatic heterocycles. The van der Waals surface area contributed by atoms with Crippen LogP contribution >= 0.6 is 0 Å². The normalized spacial score (nSPS) is 12.0. The first kappa shape index (κ1) is 38.7. The van der Waals surface area contributed by atoms with Crippen molar-refractivity contribution in [1.29, 1.82) is 0 Å². The molecule has 3 heterocycles. The Morgan fingerprint density at radius 1 is 0.271 bits per heavy atom. The minimum atomic E-state index is 0.804. The SMILES string of the molecule is c1ccc2c(-c3ccc4c5ccc(-c6cccc7ccccc67)cc5c5nc(-c6cc(-n7c8ccccc8c8ccccc87)cc(-n7c8ccccc8c8ccccc87)c6)cnc5c4c3)cccc2c1. The van der Waals surface area contributed by atoms with Gasteiger partial charge in [-0.2, -0.15) is 0 Å². The van der Waals surface area contributed by atoms with Crippen molar-refractivity contribution in [2.75, 3.05) is 0 Å². The Labute approximate surface area is 402 Å². The number of benzene rings is 12. The molecule has 15 aromatic rings. The minimum absolute atomic E-state index is 0.804. The van der Waals surface area contributed by atoms with Gasteiger partial charge in [0.15, 0.2) is 0 Å². The first-order valence-electron chi connectivity index (χ1n) is 24.0. The second-order valence-corrected chi connectivity index (χ2v) is 18.5. The average Bonchev–Trinajstić information content (AvgIpc) is 3.95. The highest BCUT2D eigenvalue weighted by Gasteiger charge is 2.20. The van der Waals surface area contributed by atoms with Gasteiger partial charge < -0.3 is 9.13 Å². The van der Waals surface area contributed by atoms with E-state index in [9.17, 15) is 0 Å². The largest absolute Gasteiger partial charge is 0.309 e. The number of hydrogen-bond donors (Lipinski definition) is 0. The number of para-hydroxylation sites is 4. The van der Waals surface area contributed by atoms with Crippen LogP contribution in [0.4, 0.5) is 0 Å². The molecule has 0 bridgehead atoms. The van der Waals surface area contributed by atoms with Crippen molar-refractivity contribution in [3.63, 3.8) is 0 Å². The zero-order chi connectivity index (χ0) is 45.9. The van der Waals surface area contributed by atoms with E-state index >= 15 is 0 Å². The summed E-state index contributed by atoms with van der Waals surface area (Å²) in [6, 6.07) is 86.1. The van der Waals surface area contributed by atoms with E-state index in [-0.39, 0.29) is 0 Å². The van der Waals surface area contributed by atoms with Gasteiger partial charge in [0, 0.05) is 49.3 Å². The molecule has 0 radical (unpaired) electrons. The van der Waals surface area contributed by atoms with Crippen LogP contribution in [-0.4, -0.2) is 19.1 Å². The second-order valence-electron chi connectivity index (χ2n) is 18.5. The van der Waals surface area contributed by atoms with Gasteiger partial charge in [-0.15, -0.1) is 0 Å². The van der Waals surface area contributed by atoms with Crippen molar-refractivity contribution in [2.45, 2.75) is 0 Å². The van der Waals surface area contributed by atoms with Crippen LogP contribution in [0, 0.1) is 0 Å². The Bertz CT molecular complexity index is 4420. The van der Waals surface area contributed by atoms with Gasteiger partial charge in [0.05, 0.1) is 45.0 Å². The molecule has 0 saturated heterocycles. The fourth-order valence-corrected chi connectivity index (χ4v) is 11.6. The Hall–Kier alpha value is -9.38. The average molecular weight is 889 g/mol. The molecule has 4 nitrogen and oxygen atoms in total. The Balaban J connectivity index is 1.03. The quantitative estimate of drug-likeness (QED) is 0.161. The predicted molar refractivity (Wildman–Crippen MR) is 295 cm³/mol. The first-order chi connectivity index (χ1) is 34.7. The number of hydrogen-bond acceptors (Lipinski definition) is 2. The molecule has 15 rings (SSSR count). The van der Waals surface area contributed by atoms with E-state index in [2.05, 4.69) is 246 Å². The molecule has 324 valence electrons. The fraction of sp³-hybridized carbons (Fsp3) is 0. The van der Waals surface area contributed by atoms with Crippen LogP contribution in [0.25, 0.3) is 143 Å². The summed E-state index contributed by atoms with van der Waals surface area (Å²) in [5, 5.41) is 14.2. The van der Waals surface area contributed by atoms with Gasteiger partial charge in [0.25, 0.3) is 0 Å².